The second-order valence-corrected chi connectivity index (χ2v) is 7.82. The molecule has 0 spiro atoms. The van der Waals surface area contributed by atoms with E-state index in [1.807, 2.05) is 84.9 Å². The molecule has 0 radical (unpaired) electrons. The minimum atomic E-state index is -0.505. The molecule has 5 rings (SSSR count). The maximum Gasteiger partial charge on any atom is 0.277 e. The molecule has 1 unspecified atom stereocenters. The molecule has 0 saturated heterocycles. The molecule has 0 saturated carbocycles. The maximum absolute atomic E-state index is 13.6. The molecular formula is C24H17N3O2S. The highest BCUT2D eigenvalue weighted by Crippen LogP contribution is 2.39. The van der Waals surface area contributed by atoms with Crippen LogP contribution in [0.1, 0.15) is 21.2 Å². The Bertz CT molecular complexity index is 1300. The number of H-pyrrole nitrogens is 1. The Kier molecular flexibility index (Phi) is 4.91. The average Bonchev–Trinajstić information content (AvgIpc) is 3.45. The third-order valence-corrected chi connectivity index (χ3v) is 5.93. The summed E-state index contributed by atoms with van der Waals surface area (Å²) in [5.41, 5.74) is 3.31. The monoisotopic (exact) mass is 411 g/mol. The zero-order valence-electron chi connectivity index (χ0n) is 15.9. The number of carbonyl (C=O) groups excluding carboxylic acids is 1. The van der Waals surface area contributed by atoms with Crippen molar-refractivity contribution in [1.29, 1.82) is 0 Å². The van der Waals surface area contributed by atoms with Gasteiger partial charge in [0.1, 0.15) is 5.25 Å². The van der Waals surface area contributed by atoms with Crippen molar-refractivity contribution in [3.63, 3.8) is 0 Å². The van der Waals surface area contributed by atoms with E-state index in [-0.39, 0.29) is 5.78 Å². The highest BCUT2D eigenvalue weighted by Gasteiger charge is 2.27. The van der Waals surface area contributed by atoms with Gasteiger partial charge in [0, 0.05) is 28.2 Å². The Morgan fingerprint density at radius 2 is 1.57 bits per heavy atom. The van der Waals surface area contributed by atoms with Gasteiger partial charge >= 0.3 is 0 Å². The molecule has 1 atom stereocenters. The lowest BCUT2D eigenvalue weighted by molar-refractivity contribution is 0.0990. The fourth-order valence-electron chi connectivity index (χ4n) is 3.37. The lowest BCUT2D eigenvalue weighted by Crippen LogP contribution is -2.09. The first-order valence-corrected chi connectivity index (χ1v) is 10.4. The zero-order valence-corrected chi connectivity index (χ0v) is 16.7. The van der Waals surface area contributed by atoms with E-state index in [0.717, 1.165) is 22.0 Å². The molecule has 5 aromatic rings. The predicted octanol–water partition coefficient (Wildman–Crippen LogP) is 5.93. The number of hydrogen-bond donors (Lipinski definition) is 1. The number of thioether (sulfide) groups is 1. The molecule has 2 aromatic heterocycles. The van der Waals surface area contributed by atoms with Crippen molar-refractivity contribution in [2.75, 3.05) is 0 Å². The SMILES string of the molecule is O=C(c1c[nH]c2ccccc12)C(Sc1nnc(-c2ccccc2)o1)c1ccccc1. The summed E-state index contributed by atoms with van der Waals surface area (Å²) < 4.78 is 5.86. The molecule has 2 heterocycles. The van der Waals surface area contributed by atoms with Crippen molar-refractivity contribution in [2.45, 2.75) is 10.5 Å². The standard InChI is InChI=1S/C24H17N3O2S/c28-21(19-15-25-20-14-8-7-13-18(19)20)22(16-9-3-1-4-10-16)30-24-27-26-23(29-24)17-11-5-2-6-12-17/h1-15,22,25H. The van der Waals surface area contributed by atoms with Crippen LogP contribution in [0.15, 0.2) is 101 Å². The number of carbonyl (C=O) groups is 1. The fraction of sp³-hybridized carbons (Fsp3) is 0.0417. The molecule has 5 nitrogen and oxygen atoms in total. The van der Waals surface area contributed by atoms with Gasteiger partial charge in [0.05, 0.1) is 0 Å². The number of aromatic nitrogens is 3. The van der Waals surface area contributed by atoms with Crippen molar-refractivity contribution in [1.82, 2.24) is 15.2 Å². The largest absolute Gasteiger partial charge is 0.411 e. The number of hydrogen-bond acceptors (Lipinski definition) is 5. The summed E-state index contributed by atoms with van der Waals surface area (Å²) in [6, 6.07) is 27.0. The van der Waals surface area contributed by atoms with E-state index in [2.05, 4.69) is 15.2 Å². The number of fused-ring (bicyclic) bond motifs is 1. The van der Waals surface area contributed by atoms with E-state index < -0.39 is 5.25 Å². The van der Waals surface area contributed by atoms with E-state index >= 15 is 0 Å². The minimum absolute atomic E-state index is 0.0110. The quantitative estimate of drug-likeness (QED) is 0.277. The second kappa shape index (κ2) is 8.00. The summed E-state index contributed by atoms with van der Waals surface area (Å²) in [6.07, 6.45) is 1.77. The number of nitrogens with zero attached hydrogens (tertiary/aromatic N) is 2. The third kappa shape index (κ3) is 3.53. The first-order valence-electron chi connectivity index (χ1n) is 9.50. The van der Waals surface area contributed by atoms with Crippen LogP contribution in [-0.2, 0) is 0 Å². The predicted molar refractivity (Wildman–Crippen MR) is 117 cm³/mol. The van der Waals surface area contributed by atoms with Gasteiger partial charge in [-0.2, -0.15) is 0 Å². The van der Waals surface area contributed by atoms with E-state index in [0.29, 0.717) is 16.7 Å². The number of Topliss-reactive ketones (excluding diaryl/α,β-unsaturated/α-hetero) is 1. The Morgan fingerprint density at radius 3 is 2.37 bits per heavy atom. The Morgan fingerprint density at radius 1 is 0.867 bits per heavy atom. The number of rotatable bonds is 6. The first kappa shape index (κ1) is 18.4. The van der Waals surface area contributed by atoms with Crippen LogP contribution in [-0.4, -0.2) is 21.0 Å². The minimum Gasteiger partial charge on any atom is -0.411 e. The van der Waals surface area contributed by atoms with Gasteiger partial charge in [0.15, 0.2) is 5.78 Å². The van der Waals surface area contributed by atoms with E-state index in [1.165, 1.54) is 11.8 Å². The maximum atomic E-state index is 13.6. The van der Waals surface area contributed by atoms with Crippen LogP contribution in [0.2, 0.25) is 0 Å². The summed E-state index contributed by atoms with van der Waals surface area (Å²) in [4.78, 5) is 16.8. The van der Waals surface area contributed by atoms with Crippen LogP contribution in [0.4, 0.5) is 0 Å². The van der Waals surface area contributed by atoms with Crippen LogP contribution in [0, 0.1) is 0 Å². The molecule has 146 valence electrons. The molecule has 0 fully saturated rings. The van der Waals surface area contributed by atoms with Crippen molar-refractivity contribution in [3.8, 4) is 11.5 Å². The Labute approximate surface area is 177 Å². The van der Waals surface area contributed by atoms with Crippen molar-refractivity contribution < 1.29 is 9.21 Å². The van der Waals surface area contributed by atoms with Gasteiger partial charge in [-0.05, 0) is 35.5 Å². The van der Waals surface area contributed by atoms with E-state index in [9.17, 15) is 4.79 Å². The van der Waals surface area contributed by atoms with Crippen LogP contribution in [0.25, 0.3) is 22.4 Å². The van der Waals surface area contributed by atoms with Crippen molar-refractivity contribution >= 4 is 28.4 Å². The number of nitrogens with one attached hydrogen (secondary N) is 1. The van der Waals surface area contributed by atoms with Gasteiger partial charge in [0.25, 0.3) is 5.22 Å². The van der Waals surface area contributed by atoms with Crippen LogP contribution >= 0.6 is 11.8 Å². The molecule has 0 aliphatic heterocycles. The summed E-state index contributed by atoms with van der Waals surface area (Å²) in [6.45, 7) is 0. The average molecular weight is 411 g/mol. The highest BCUT2D eigenvalue weighted by molar-refractivity contribution is 8.00. The molecule has 3 aromatic carbocycles. The molecular weight excluding hydrogens is 394 g/mol. The number of aromatic amines is 1. The first-order chi connectivity index (χ1) is 14.8. The Hall–Kier alpha value is -3.64. The second-order valence-electron chi connectivity index (χ2n) is 6.76. The van der Waals surface area contributed by atoms with Gasteiger partial charge in [-0.25, -0.2) is 0 Å². The van der Waals surface area contributed by atoms with Gasteiger partial charge in [-0.3, -0.25) is 4.79 Å². The van der Waals surface area contributed by atoms with E-state index in [1.54, 1.807) is 6.20 Å². The lowest BCUT2D eigenvalue weighted by atomic mass is 10.0. The van der Waals surface area contributed by atoms with Gasteiger partial charge in [-0.1, -0.05) is 66.7 Å². The third-order valence-electron chi connectivity index (χ3n) is 4.84. The number of benzene rings is 3. The van der Waals surface area contributed by atoms with Gasteiger partial charge in [-0.15, -0.1) is 10.2 Å². The molecule has 1 N–H and O–H groups in total. The summed E-state index contributed by atoms with van der Waals surface area (Å²) in [5, 5.41) is 9.07. The molecule has 0 aliphatic rings. The fourth-order valence-corrected chi connectivity index (χ4v) is 4.32. The number of para-hydroxylation sites is 1. The van der Waals surface area contributed by atoms with Gasteiger partial charge < -0.3 is 9.40 Å². The van der Waals surface area contributed by atoms with E-state index in [4.69, 9.17) is 4.42 Å². The highest BCUT2D eigenvalue weighted by atomic mass is 32.2. The molecule has 0 aliphatic carbocycles. The summed E-state index contributed by atoms with van der Waals surface area (Å²) in [7, 11) is 0. The zero-order chi connectivity index (χ0) is 20.3. The number of ketones is 1. The smallest absolute Gasteiger partial charge is 0.277 e. The summed E-state index contributed by atoms with van der Waals surface area (Å²) >= 11 is 1.27. The molecule has 0 bridgehead atoms. The molecule has 6 heteroatoms. The van der Waals surface area contributed by atoms with Crippen LogP contribution < -0.4 is 0 Å². The normalized spacial score (nSPS) is 12.1. The van der Waals surface area contributed by atoms with Gasteiger partial charge in [0.2, 0.25) is 5.89 Å². The van der Waals surface area contributed by atoms with Crippen molar-refractivity contribution in [3.05, 3.63) is 102 Å². The van der Waals surface area contributed by atoms with Crippen LogP contribution in [0.3, 0.4) is 0 Å². The molecule has 30 heavy (non-hydrogen) atoms. The summed E-state index contributed by atoms with van der Waals surface area (Å²) in [5.74, 6) is 0.424. The van der Waals surface area contributed by atoms with Crippen LogP contribution in [0.5, 0.6) is 0 Å². The topological polar surface area (TPSA) is 71.8 Å². The Balaban J connectivity index is 1.50. The lowest BCUT2D eigenvalue weighted by Gasteiger charge is -2.13. The van der Waals surface area contributed by atoms with Crippen molar-refractivity contribution in [2.24, 2.45) is 0 Å². The molecule has 0 amide bonds.